The molecule has 1 spiro atoms. The molecule has 0 heterocycles. The first-order chi connectivity index (χ1) is 26.3. The minimum Gasteiger partial charge on any atom is -0.0622 e. The standard InChI is InChI=1S/C53H34/c1-3-14-35(15-4-1)39-18-13-19-40(32-39)36-26-28-38(29-27-36)42-31-30-41(37-16-5-2-6-17-37)46-33-48-45-22-9-12-25-51(45)53(52(48)34-47(42)46)49-23-10-7-20-43(49)44-21-8-11-24-50(44)53/h1-34H. The van der Waals surface area contributed by atoms with E-state index in [1.165, 1.54) is 99.8 Å². The zero-order valence-electron chi connectivity index (χ0n) is 29.1. The van der Waals surface area contributed by atoms with Gasteiger partial charge in [-0.2, -0.15) is 0 Å². The van der Waals surface area contributed by atoms with Gasteiger partial charge in [0, 0.05) is 0 Å². The molecule has 2 aliphatic carbocycles. The Morgan fingerprint density at radius 1 is 0.208 bits per heavy atom. The third kappa shape index (κ3) is 4.36. The summed E-state index contributed by atoms with van der Waals surface area (Å²) in [5, 5.41) is 2.55. The molecule has 0 unspecified atom stereocenters. The summed E-state index contributed by atoms with van der Waals surface area (Å²) in [4.78, 5) is 0. The van der Waals surface area contributed by atoms with Crippen LogP contribution in [0, 0.1) is 0 Å². The molecular formula is C53H34. The Hall–Kier alpha value is -6.76. The van der Waals surface area contributed by atoms with E-state index in [1.807, 2.05) is 0 Å². The topological polar surface area (TPSA) is 0 Å². The average molecular weight is 671 g/mol. The first-order valence-corrected chi connectivity index (χ1v) is 18.5. The van der Waals surface area contributed by atoms with Crippen molar-refractivity contribution in [2.75, 3.05) is 0 Å². The van der Waals surface area contributed by atoms with E-state index in [9.17, 15) is 0 Å². The van der Waals surface area contributed by atoms with Crippen molar-refractivity contribution in [1.29, 1.82) is 0 Å². The van der Waals surface area contributed by atoms with Crippen LogP contribution in [0.5, 0.6) is 0 Å². The second-order valence-corrected chi connectivity index (χ2v) is 14.4. The van der Waals surface area contributed by atoms with Crippen molar-refractivity contribution in [2.24, 2.45) is 0 Å². The minimum absolute atomic E-state index is 0.388. The van der Waals surface area contributed by atoms with E-state index in [1.54, 1.807) is 0 Å². The van der Waals surface area contributed by atoms with E-state index in [0.717, 1.165) is 0 Å². The Balaban J connectivity index is 1.15. The van der Waals surface area contributed by atoms with Gasteiger partial charge in [0.1, 0.15) is 0 Å². The van der Waals surface area contributed by atoms with Gasteiger partial charge in [0.2, 0.25) is 0 Å². The van der Waals surface area contributed by atoms with Gasteiger partial charge in [-0.15, -0.1) is 0 Å². The van der Waals surface area contributed by atoms with Gasteiger partial charge in [0.15, 0.2) is 0 Å². The molecule has 0 saturated heterocycles. The number of hydrogen-bond acceptors (Lipinski definition) is 0. The summed E-state index contributed by atoms with van der Waals surface area (Å²) in [5.41, 5.74) is 20.2. The van der Waals surface area contributed by atoms with E-state index in [4.69, 9.17) is 0 Å². The van der Waals surface area contributed by atoms with E-state index < -0.39 is 0 Å². The van der Waals surface area contributed by atoms with Crippen LogP contribution in [0.15, 0.2) is 206 Å². The summed E-state index contributed by atoms with van der Waals surface area (Å²) in [5.74, 6) is 0. The Bertz CT molecular complexity index is 2810. The zero-order chi connectivity index (χ0) is 34.9. The molecule has 11 rings (SSSR count). The van der Waals surface area contributed by atoms with E-state index in [2.05, 4.69) is 206 Å². The van der Waals surface area contributed by atoms with Crippen LogP contribution in [0.3, 0.4) is 0 Å². The smallest absolute Gasteiger partial charge is 0.0622 e. The molecular weight excluding hydrogens is 637 g/mol. The highest BCUT2D eigenvalue weighted by Gasteiger charge is 2.51. The lowest BCUT2D eigenvalue weighted by Crippen LogP contribution is -2.25. The minimum atomic E-state index is -0.388. The lowest BCUT2D eigenvalue weighted by Gasteiger charge is -2.30. The molecule has 53 heavy (non-hydrogen) atoms. The lowest BCUT2D eigenvalue weighted by atomic mass is 9.70. The SMILES string of the molecule is c1ccc(-c2cccc(-c3ccc(-c4ccc(-c5ccccc5)c5cc6c(cc45)C4(c5ccccc5-c5ccccc54)c4ccccc4-6)cc3)c2)cc1. The van der Waals surface area contributed by atoms with Crippen molar-refractivity contribution >= 4 is 10.8 Å². The van der Waals surface area contributed by atoms with Gasteiger partial charge in [-0.25, -0.2) is 0 Å². The van der Waals surface area contributed by atoms with Gasteiger partial charge in [-0.1, -0.05) is 188 Å². The quantitative estimate of drug-likeness (QED) is 0.175. The molecule has 0 aromatic heterocycles. The van der Waals surface area contributed by atoms with Crippen molar-refractivity contribution in [3.05, 3.63) is 229 Å². The first-order valence-electron chi connectivity index (χ1n) is 18.5. The highest BCUT2D eigenvalue weighted by molar-refractivity contribution is 6.09. The van der Waals surface area contributed by atoms with E-state index in [-0.39, 0.29) is 5.41 Å². The summed E-state index contributed by atoms with van der Waals surface area (Å²) >= 11 is 0. The van der Waals surface area contributed by atoms with Crippen LogP contribution in [0.4, 0.5) is 0 Å². The van der Waals surface area contributed by atoms with Crippen molar-refractivity contribution in [1.82, 2.24) is 0 Å². The normalized spacial score (nSPS) is 13.1. The van der Waals surface area contributed by atoms with Crippen LogP contribution in [0.2, 0.25) is 0 Å². The number of hydrogen-bond donors (Lipinski definition) is 0. The van der Waals surface area contributed by atoms with E-state index >= 15 is 0 Å². The fourth-order valence-corrected chi connectivity index (χ4v) is 9.40. The molecule has 2 aliphatic rings. The van der Waals surface area contributed by atoms with Gasteiger partial charge in [-0.3, -0.25) is 0 Å². The Morgan fingerprint density at radius 2 is 0.604 bits per heavy atom. The average Bonchev–Trinajstić information content (AvgIpc) is 3.70. The van der Waals surface area contributed by atoms with Crippen molar-refractivity contribution < 1.29 is 0 Å². The molecule has 0 saturated carbocycles. The zero-order valence-corrected chi connectivity index (χ0v) is 29.1. The molecule has 9 aromatic rings. The maximum Gasteiger partial charge on any atom is 0.0725 e. The van der Waals surface area contributed by atoms with Gasteiger partial charge in [-0.05, 0) is 118 Å². The van der Waals surface area contributed by atoms with Crippen LogP contribution in [-0.4, -0.2) is 0 Å². The predicted octanol–water partition coefficient (Wildman–Crippen LogP) is 13.9. The Morgan fingerprint density at radius 3 is 1.17 bits per heavy atom. The fraction of sp³-hybridized carbons (Fsp3) is 0.0189. The van der Waals surface area contributed by atoms with Gasteiger partial charge in [0.25, 0.3) is 0 Å². The second-order valence-electron chi connectivity index (χ2n) is 14.4. The molecule has 0 radical (unpaired) electrons. The molecule has 0 amide bonds. The summed E-state index contributed by atoms with van der Waals surface area (Å²) in [6.07, 6.45) is 0. The highest BCUT2D eigenvalue weighted by atomic mass is 14.5. The molecule has 246 valence electrons. The molecule has 0 atom stereocenters. The molecule has 0 fully saturated rings. The lowest BCUT2D eigenvalue weighted by molar-refractivity contribution is 0.795. The third-order valence-electron chi connectivity index (χ3n) is 11.7. The molecule has 0 aliphatic heterocycles. The molecule has 0 heteroatoms. The summed E-state index contributed by atoms with van der Waals surface area (Å²) < 4.78 is 0. The first kappa shape index (κ1) is 29.9. The molecule has 0 nitrogen and oxygen atoms in total. The maximum atomic E-state index is 2.54. The van der Waals surface area contributed by atoms with Gasteiger partial charge >= 0.3 is 0 Å². The van der Waals surface area contributed by atoms with Crippen LogP contribution >= 0.6 is 0 Å². The number of rotatable bonds is 4. The molecule has 0 bridgehead atoms. The summed E-state index contributed by atoms with van der Waals surface area (Å²) in [6, 6.07) is 76.5. The molecule has 9 aromatic carbocycles. The predicted molar refractivity (Wildman–Crippen MR) is 222 cm³/mol. The van der Waals surface area contributed by atoms with Crippen LogP contribution in [-0.2, 0) is 5.41 Å². The van der Waals surface area contributed by atoms with Crippen LogP contribution in [0.25, 0.3) is 77.5 Å². The Labute approximate surface area is 310 Å². The second kappa shape index (κ2) is 11.6. The Kier molecular flexibility index (Phi) is 6.57. The maximum absolute atomic E-state index is 2.54. The largest absolute Gasteiger partial charge is 0.0725 e. The van der Waals surface area contributed by atoms with Crippen molar-refractivity contribution in [3.63, 3.8) is 0 Å². The summed E-state index contributed by atoms with van der Waals surface area (Å²) in [6.45, 7) is 0. The number of fused-ring (bicyclic) bond motifs is 11. The fourth-order valence-electron chi connectivity index (χ4n) is 9.40. The van der Waals surface area contributed by atoms with Crippen LogP contribution < -0.4 is 0 Å². The number of benzene rings is 9. The van der Waals surface area contributed by atoms with Crippen molar-refractivity contribution in [2.45, 2.75) is 5.41 Å². The highest BCUT2D eigenvalue weighted by Crippen LogP contribution is 2.63. The third-order valence-corrected chi connectivity index (χ3v) is 11.7. The summed E-state index contributed by atoms with van der Waals surface area (Å²) in [7, 11) is 0. The van der Waals surface area contributed by atoms with Crippen molar-refractivity contribution in [3.8, 4) is 66.8 Å². The van der Waals surface area contributed by atoms with Gasteiger partial charge < -0.3 is 0 Å². The van der Waals surface area contributed by atoms with E-state index in [0.29, 0.717) is 0 Å². The van der Waals surface area contributed by atoms with Crippen LogP contribution in [0.1, 0.15) is 22.3 Å². The van der Waals surface area contributed by atoms with Gasteiger partial charge in [0.05, 0.1) is 5.41 Å². The monoisotopic (exact) mass is 670 g/mol. The molecule has 0 N–H and O–H groups in total.